The van der Waals surface area contributed by atoms with Crippen LogP contribution in [0.1, 0.15) is 0 Å². The zero-order valence-electron chi connectivity index (χ0n) is 6.60. The lowest BCUT2D eigenvalue weighted by Crippen LogP contribution is -2.42. The molecule has 0 unspecified atom stereocenters. The Morgan fingerprint density at radius 3 is 3.17 bits per heavy atom. The van der Waals surface area contributed by atoms with Crippen molar-refractivity contribution in [3.05, 3.63) is 12.3 Å². The summed E-state index contributed by atoms with van der Waals surface area (Å²) in [6, 6.07) is 0. The van der Waals surface area contributed by atoms with E-state index in [9.17, 15) is 4.79 Å². The predicted molar refractivity (Wildman–Crippen MR) is 51.2 cm³/mol. The third kappa shape index (κ3) is 2.01. The first-order chi connectivity index (χ1) is 5.75. The molecule has 4 nitrogen and oxygen atoms in total. The largest absolute Gasteiger partial charge is 0.363 e. The van der Waals surface area contributed by atoms with Crippen LogP contribution in [0.2, 0.25) is 0 Å². The molecule has 5 heteroatoms. The van der Waals surface area contributed by atoms with Gasteiger partial charge >= 0.3 is 0 Å². The van der Waals surface area contributed by atoms with Gasteiger partial charge in [-0.3, -0.25) is 4.79 Å². The SMILES string of the molecule is NC(=O)C1=NC=CCN1CCS. The van der Waals surface area contributed by atoms with E-state index in [0.717, 1.165) is 0 Å². The first-order valence-corrected chi connectivity index (χ1v) is 4.27. The van der Waals surface area contributed by atoms with Gasteiger partial charge in [0.05, 0.1) is 0 Å². The standard InChI is InChI=1S/C7H11N3OS/c8-6(11)7-9-2-1-3-10(7)4-5-12/h1-2,12H,3-5H2,(H2,8,11). The minimum Gasteiger partial charge on any atom is -0.363 e. The number of hydrogen-bond acceptors (Lipinski definition) is 4. The molecule has 0 saturated carbocycles. The molecule has 1 rings (SSSR count). The van der Waals surface area contributed by atoms with Gasteiger partial charge in [-0.25, -0.2) is 4.99 Å². The van der Waals surface area contributed by atoms with Crippen LogP contribution in [-0.4, -0.2) is 35.5 Å². The highest BCUT2D eigenvalue weighted by molar-refractivity contribution is 7.80. The van der Waals surface area contributed by atoms with Gasteiger partial charge in [-0.2, -0.15) is 12.6 Å². The molecule has 0 bridgehead atoms. The Bertz CT molecular complexity index is 237. The number of hydrogen-bond donors (Lipinski definition) is 2. The molecule has 1 amide bonds. The predicted octanol–water partition coefficient (Wildman–Crippen LogP) is -0.371. The second-order valence-corrected chi connectivity index (χ2v) is 2.82. The van der Waals surface area contributed by atoms with E-state index >= 15 is 0 Å². The first-order valence-electron chi connectivity index (χ1n) is 3.64. The van der Waals surface area contributed by atoms with Crippen LogP contribution >= 0.6 is 12.6 Å². The Hall–Kier alpha value is -0.970. The van der Waals surface area contributed by atoms with Crippen LogP contribution in [0.15, 0.2) is 17.3 Å². The summed E-state index contributed by atoms with van der Waals surface area (Å²) in [4.78, 5) is 16.5. The highest BCUT2D eigenvalue weighted by atomic mass is 32.1. The van der Waals surface area contributed by atoms with Gasteiger partial charge in [-0.15, -0.1) is 0 Å². The molecule has 1 aliphatic heterocycles. The Labute approximate surface area is 76.5 Å². The topological polar surface area (TPSA) is 58.7 Å². The van der Waals surface area contributed by atoms with Crippen molar-refractivity contribution >= 4 is 24.4 Å². The van der Waals surface area contributed by atoms with Gasteiger partial charge in [-0.1, -0.05) is 0 Å². The maximum absolute atomic E-state index is 10.8. The molecule has 0 aromatic heterocycles. The van der Waals surface area contributed by atoms with Crippen LogP contribution in [0, 0.1) is 0 Å². The molecule has 2 N–H and O–H groups in total. The molecule has 1 aliphatic rings. The number of nitrogens with two attached hydrogens (primary N) is 1. The fourth-order valence-corrected chi connectivity index (χ4v) is 1.24. The van der Waals surface area contributed by atoms with E-state index < -0.39 is 5.91 Å². The third-order valence-corrected chi connectivity index (χ3v) is 1.72. The minimum atomic E-state index is -0.485. The number of rotatable bonds is 3. The van der Waals surface area contributed by atoms with Crippen molar-refractivity contribution in [2.24, 2.45) is 10.7 Å². The Balaban J connectivity index is 2.69. The molecule has 0 atom stereocenters. The van der Waals surface area contributed by atoms with E-state index in [1.807, 2.05) is 6.08 Å². The summed E-state index contributed by atoms with van der Waals surface area (Å²) in [5.74, 6) is 0.521. The number of amides is 1. The van der Waals surface area contributed by atoms with Gasteiger partial charge in [0.25, 0.3) is 5.91 Å². The van der Waals surface area contributed by atoms with Crippen LogP contribution in [0.3, 0.4) is 0 Å². The summed E-state index contributed by atoms with van der Waals surface area (Å²) < 4.78 is 0. The second kappa shape index (κ2) is 4.15. The van der Waals surface area contributed by atoms with E-state index in [4.69, 9.17) is 5.73 Å². The van der Waals surface area contributed by atoms with E-state index in [1.165, 1.54) is 0 Å². The molecule has 0 aromatic rings. The molecule has 66 valence electrons. The maximum atomic E-state index is 10.8. The zero-order valence-corrected chi connectivity index (χ0v) is 7.50. The van der Waals surface area contributed by atoms with Gasteiger partial charge in [0, 0.05) is 25.0 Å². The van der Waals surface area contributed by atoms with Crippen LogP contribution in [-0.2, 0) is 4.79 Å². The summed E-state index contributed by atoms with van der Waals surface area (Å²) in [6.45, 7) is 1.37. The second-order valence-electron chi connectivity index (χ2n) is 2.37. The summed E-state index contributed by atoms with van der Waals surface area (Å²) in [5.41, 5.74) is 5.12. The fourth-order valence-electron chi connectivity index (χ4n) is 1.00. The fraction of sp³-hybridized carbons (Fsp3) is 0.429. The van der Waals surface area contributed by atoms with E-state index in [-0.39, 0.29) is 0 Å². The Morgan fingerprint density at radius 2 is 2.58 bits per heavy atom. The smallest absolute Gasteiger partial charge is 0.284 e. The summed E-state index contributed by atoms with van der Waals surface area (Å²) in [7, 11) is 0. The van der Waals surface area contributed by atoms with E-state index in [0.29, 0.717) is 24.7 Å². The van der Waals surface area contributed by atoms with Crippen molar-refractivity contribution in [1.82, 2.24) is 4.90 Å². The van der Waals surface area contributed by atoms with Crippen LogP contribution in [0.25, 0.3) is 0 Å². The van der Waals surface area contributed by atoms with Crippen molar-refractivity contribution in [2.45, 2.75) is 0 Å². The number of carbonyl (C=O) groups excluding carboxylic acids is 1. The van der Waals surface area contributed by atoms with Crippen molar-refractivity contribution in [1.29, 1.82) is 0 Å². The Kier molecular flexibility index (Phi) is 3.16. The van der Waals surface area contributed by atoms with Gasteiger partial charge in [0.15, 0.2) is 5.84 Å². The number of amidine groups is 1. The number of nitrogens with zero attached hydrogens (tertiary/aromatic N) is 2. The molecule has 0 saturated heterocycles. The third-order valence-electron chi connectivity index (χ3n) is 1.52. The average Bonchev–Trinajstić information content (AvgIpc) is 2.05. The van der Waals surface area contributed by atoms with Crippen molar-refractivity contribution in [3.63, 3.8) is 0 Å². The van der Waals surface area contributed by atoms with E-state index in [2.05, 4.69) is 17.6 Å². The van der Waals surface area contributed by atoms with Crippen molar-refractivity contribution < 1.29 is 4.79 Å². The van der Waals surface area contributed by atoms with Crippen LogP contribution in [0.5, 0.6) is 0 Å². The average molecular weight is 185 g/mol. The van der Waals surface area contributed by atoms with Crippen molar-refractivity contribution in [2.75, 3.05) is 18.8 Å². The minimum absolute atomic E-state index is 0.326. The van der Waals surface area contributed by atoms with Crippen LogP contribution in [0.4, 0.5) is 0 Å². The molecule has 0 aliphatic carbocycles. The van der Waals surface area contributed by atoms with Gasteiger partial charge in [0.1, 0.15) is 0 Å². The molecule has 12 heavy (non-hydrogen) atoms. The summed E-state index contributed by atoms with van der Waals surface area (Å²) in [5, 5.41) is 0. The highest BCUT2D eigenvalue weighted by Crippen LogP contribution is 2.00. The van der Waals surface area contributed by atoms with Crippen LogP contribution < -0.4 is 5.73 Å². The van der Waals surface area contributed by atoms with Gasteiger partial charge < -0.3 is 10.6 Å². The van der Waals surface area contributed by atoms with Gasteiger partial charge in [-0.05, 0) is 6.08 Å². The number of primary amides is 1. The summed E-state index contributed by atoms with van der Waals surface area (Å²) >= 11 is 4.07. The van der Waals surface area contributed by atoms with Gasteiger partial charge in [0.2, 0.25) is 0 Å². The molecular formula is C7H11N3OS. The molecule has 0 radical (unpaired) electrons. The monoisotopic (exact) mass is 185 g/mol. The molecule has 1 heterocycles. The lowest BCUT2D eigenvalue weighted by molar-refractivity contribution is -0.112. The number of thiol groups is 1. The molecular weight excluding hydrogens is 174 g/mol. The molecule has 0 spiro atoms. The molecule has 0 fully saturated rings. The number of aliphatic imine (C=N–C) groups is 1. The quantitative estimate of drug-likeness (QED) is 0.589. The summed E-state index contributed by atoms with van der Waals surface area (Å²) in [6.07, 6.45) is 3.46. The highest BCUT2D eigenvalue weighted by Gasteiger charge is 2.16. The van der Waals surface area contributed by atoms with Crippen molar-refractivity contribution in [3.8, 4) is 0 Å². The zero-order chi connectivity index (χ0) is 8.97. The number of carbonyl (C=O) groups is 1. The normalized spacial score (nSPS) is 16.1. The Morgan fingerprint density at radius 1 is 1.83 bits per heavy atom. The lowest BCUT2D eigenvalue weighted by atomic mass is 10.3. The first kappa shape index (κ1) is 9.12. The molecule has 0 aromatic carbocycles. The maximum Gasteiger partial charge on any atom is 0.284 e. The lowest BCUT2D eigenvalue weighted by Gasteiger charge is -2.23. The van der Waals surface area contributed by atoms with E-state index in [1.54, 1.807) is 11.1 Å².